The van der Waals surface area contributed by atoms with Gasteiger partial charge in [0.05, 0.1) is 19.8 Å². The first kappa shape index (κ1) is 79.3. The van der Waals surface area contributed by atoms with Crippen molar-refractivity contribution in [3.05, 3.63) is 0 Å². The number of carboxylic acid groups (broad SMARTS) is 2. The first-order chi connectivity index (χ1) is 41.5. The quantitative estimate of drug-likeness (QED) is 0.00978. The van der Waals surface area contributed by atoms with Crippen LogP contribution < -0.4 is 14.2 Å². The van der Waals surface area contributed by atoms with Gasteiger partial charge in [-0.1, -0.05) is 5.04 Å². The molecular formula is C31H53N3O49S8. The summed E-state index contributed by atoms with van der Waals surface area (Å²) in [5.41, 5.74) is 0. The van der Waals surface area contributed by atoms with Crippen LogP contribution in [0.1, 0.15) is 0 Å². The zero-order valence-electron chi connectivity index (χ0n) is 43.9. The predicted octanol–water partition coefficient (Wildman–Crippen LogP) is -12.6. The van der Waals surface area contributed by atoms with Crippen molar-refractivity contribution in [3.63, 3.8) is 0 Å². The third-order valence-electron chi connectivity index (χ3n) is 12.4. The molecular weight excluding hydrogens is 1450 g/mol. The molecule has 60 heteroatoms. The lowest BCUT2D eigenvalue weighted by Gasteiger charge is -2.50. The molecule has 0 spiro atoms. The maximum absolute atomic E-state index is 13.0. The fourth-order valence-electron chi connectivity index (χ4n) is 8.92. The lowest BCUT2D eigenvalue weighted by molar-refractivity contribution is -0.435. The molecule has 5 saturated heterocycles. The number of nitrogens with one attached hydrogen (secondary N) is 3. The minimum Gasteiger partial charge on any atom is -0.479 e. The molecule has 5 fully saturated rings. The van der Waals surface area contributed by atoms with E-state index in [1.807, 2.05) is 0 Å². The highest BCUT2D eigenvalue weighted by molar-refractivity contribution is 7.89. The van der Waals surface area contributed by atoms with Crippen molar-refractivity contribution < 1.29 is 224 Å². The second kappa shape index (κ2) is 31.4. The highest BCUT2D eigenvalue weighted by Gasteiger charge is 2.61. The number of aliphatic hydroxyl groups excluding tert-OH is 6. The van der Waals surface area contributed by atoms with E-state index >= 15 is 0 Å². The molecule has 0 aromatic carbocycles. The van der Waals surface area contributed by atoms with E-state index in [0.717, 1.165) is 7.11 Å². The molecule has 0 aromatic rings. The number of ether oxygens (including phenoxy) is 10. The molecule has 5 heterocycles. The van der Waals surface area contributed by atoms with E-state index in [-0.39, 0.29) is 0 Å². The molecule has 0 aliphatic carbocycles. The molecule has 5 aliphatic rings. The molecule has 19 N–H and O–H groups in total. The third kappa shape index (κ3) is 23.1. The van der Waals surface area contributed by atoms with Crippen molar-refractivity contribution in [1.82, 2.24) is 14.2 Å². The minimum atomic E-state index is -6.11. The number of hydrogen-bond acceptors (Lipinski definition) is 41. The molecule has 0 radical (unpaired) electrons. The summed E-state index contributed by atoms with van der Waals surface area (Å²) in [4.78, 5) is 25.9. The Labute approximate surface area is 513 Å². The van der Waals surface area contributed by atoms with Crippen molar-refractivity contribution in [2.45, 2.75) is 153 Å². The Kier molecular flexibility index (Phi) is 27.4. The van der Waals surface area contributed by atoms with Crippen molar-refractivity contribution in [2.75, 3.05) is 26.9 Å². The Morgan fingerprint density at radius 2 is 0.813 bits per heavy atom. The van der Waals surface area contributed by atoms with Crippen molar-refractivity contribution in [2.24, 2.45) is 0 Å². The molecule has 0 aromatic heterocycles. The summed E-state index contributed by atoms with van der Waals surface area (Å²) >= 11 is -0.672. The van der Waals surface area contributed by atoms with Gasteiger partial charge in [-0.2, -0.15) is 73.1 Å². The highest BCUT2D eigenvalue weighted by Crippen LogP contribution is 2.39. The Balaban J connectivity index is 1.59. The summed E-state index contributed by atoms with van der Waals surface area (Å²) in [6, 6.07) is -7.75. The van der Waals surface area contributed by atoms with Gasteiger partial charge in [0.25, 0.3) is 0 Å². The van der Waals surface area contributed by atoms with Gasteiger partial charge in [-0.15, -0.1) is 4.33 Å². The fraction of sp³-hybridized carbons (Fsp3) is 0.935. The van der Waals surface area contributed by atoms with E-state index in [4.69, 9.17) is 61.4 Å². The minimum absolute atomic E-state index is 0.672. The number of aliphatic hydroxyl groups is 6. The van der Waals surface area contributed by atoms with Gasteiger partial charge < -0.3 is 88.2 Å². The van der Waals surface area contributed by atoms with Crippen LogP contribution in [0.25, 0.3) is 0 Å². The number of rotatable bonds is 32. The van der Waals surface area contributed by atoms with Crippen molar-refractivity contribution >= 4 is 96.8 Å². The van der Waals surface area contributed by atoms with Gasteiger partial charge in [-0.25, -0.2) is 31.6 Å². The number of methoxy groups -OCH3 is 1. The van der Waals surface area contributed by atoms with Gasteiger partial charge in [0.15, 0.2) is 62.1 Å². The molecule has 25 atom stereocenters. The van der Waals surface area contributed by atoms with Crippen LogP contribution in [0.5, 0.6) is 0 Å². The van der Waals surface area contributed by atoms with Crippen LogP contribution in [0.3, 0.4) is 0 Å². The molecule has 0 bridgehead atoms. The van der Waals surface area contributed by atoms with Gasteiger partial charge >= 0.3 is 84.4 Å². The van der Waals surface area contributed by atoms with Crippen LogP contribution in [0, 0.1) is 0 Å². The summed E-state index contributed by atoms with van der Waals surface area (Å²) < 4.78 is 318. The van der Waals surface area contributed by atoms with Crippen LogP contribution in [0.2, 0.25) is 0 Å². The van der Waals surface area contributed by atoms with E-state index in [9.17, 15) is 137 Å². The number of carboxylic acids is 2. The van der Waals surface area contributed by atoms with E-state index in [0.29, 0.717) is 0 Å². The normalized spacial score (nSPS) is 38.5. The van der Waals surface area contributed by atoms with Gasteiger partial charge in [0.1, 0.15) is 104 Å². The largest absolute Gasteiger partial charge is 0.479 e. The van der Waals surface area contributed by atoms with Crippen LogP contribution in [0.4, 0.5) is 0 Å². The lowest BCUT2D eigenvalue weighted by atomic mass is 9.94. The Morgan fingerprint density at radius 1 is 0.418 bits per heavy atom. The summed E-state index contributed by atoms with van der Waals surface area (Å²) in [5, 5.41) is 100. The number of aliphatic carboxylic acids is 2. The number of hydrogen-bond donors (Lipinski definition) is 19. The average Bonchev–Trinajstić information content (AvgIpc) is 0.771. The molecule has 91 heavy (non-hydrogen) atoms. The molecule has 5 rings (SSSR count). The number of carbonyl (C=O) groups is 2. The van der Waals surface area contributed by atoms with Crippen molar-refractivity contribution in [3.8, 4) is 0 Å². The molecule has 10 unspecified atom stereocenters. The Hall–Kier alpha value is -2.42. The lowest BCUT2D eigenvalue weighted by Crippen LogP contribution is -2.71. The van der Waals surface area contributed by atoms with Crippen LogP contribution in [0.15, 0.2) is 0 Å². The van der Waals surface area contributed by atoms with E-state index in [2.05, 4.69) is 26.1 Å². The summed E-state index contributed by atoms with van der Waals surface area (Å²) in [5.74, 6) is -4.76. The van der Waals surface area contributed by atoms with Crippen LogP contribution in [-0.2, 0) is 160 Å². The van der Waals surface area contributed by atoms with E-state index in [1.165, 1.54) is 14.2 Å². The Bertz CT molecular complexity index is 3290. The molecule has 534 valence electrons. The fourth-order valence-corrected chi connectivity index (χ4v) is 12.5. The predicted molar refractivity (Wildman–Crippen MR) is 263 cm³/mol. The molecule has 5 aliphatic heterocycles. The molecule has 0 saturated carbocycles. The summed E-state index contributed by atoms with van der Waals surface area (Å²) in [6.07, 6.45) is -60.9. The first-order valence-corrected chi connectivity index (χ1v) is 34.0. The van der Waals surface area contributed by atoms with Crippen LogP contribution >= 0.6 is 12.3 Å². The summed E-state index contributed by atoms with van der Waals surface area (Å²) in [7, 11) is -39.1. The Morgan fingerprint density at radius 3 is 1.26 bits per heavy atom. The second-order valence-electron chi connectivity index (χ2n) is 18.5. The van der Waals surface area contributed by atoms with Gasteiger partial charge in [0.2, 0.25) is 0 Å². The molecule has 0 amide bonds. The topological polar surface area (TPSA) is 790 Å². The van der Waals surface area contributed by atoms with E-state index in [1.54, 1.807) is 0 Å². The third-order valence-corrected chi connectivity index (χ3v) is 16.3. The standard InChI is InChI=1S/C31H53N3O49S8/c1-67-27-9(33-86(49,50)51)13(37)17(6(72-27)3-69-89(58,59)60)74-31-22(81-91(64,65)66)16(40)21(24(79-31)26(43)44)77-29-10(34-87(52,53)54)19(80-84-83-82-45)18(7(73-29)4-70-90(61,62)63)75-30-15(39)14(38)20(23(78-30)25(41)42)76-28-8(32-85(46,47)48)12(36)11(35)5(71-28)2-68-88(55,56)57/h5-24,27-40,45H,2-4H2,1H3,(H,41,42)(H,43,44)(H,46,47,48)(H,49,50,51)(H,52,53,54)(H,55,56,57)(H,58,59,60)(H,61,62,63)(H,64,65,66)/t5?,6?,7?,8?,9-,10-,11+,12-,13?,14-,15?,16-,17+,18+,19?,20-,21-,22?,23?,24?,27-,28+,29+,30-,31-/m1/s1. The SMILES string of the molecule is CO[C@@H]1OC(COS(=O)(=O)O)[C@H](O[C@@H]2OC(C(=O)O)[C@H](O[C@@H]3OC(COS(=O)(=O)O)[C@H](O[C@@H]4OC(C(=O)O)[C@H](O[C@@H]5OC(COS(=O)(=O)O)[C@H](O)[C@H](O)C5NS(=O)(=O)O)[C@H](O)C4O)C(OSOOO)[C@H]3NS(=O)(=O)O)[C@@H](O)C2OS(=O)(=O)O)C(O)[C@H]1NS(=O)(=O)O. The highest BCUT2D eigenvalue weighted by atomic mass is 32.3. The zero-order chi connectivity index (χ0) is 69.1. The summed E-state index contributed by atoms with van der Waals surface area (Å²) in [6.45, 7) is -4.83. The van der Waals surface area contributed by atoms with Gasteiger partial charge in [0, 0.05) is 7.11 Å². The first-order valence-electron chi connectivity index (χ1n) is 23.5. The van der Waals surface area contributed by atoms with Gasteiger partial charge in [-0.3, -0.25) is 36.1 Å². The maximum atomic E-state index is 13.0. The average molecular weight is 1510 g/mol. The van der Waals surface area contributed by atoms with E-state index < -0.39 is 270 Å². The second-order valence-corrected chi connectivity index (χ2v) is 26.8. The van der Waals surface area contributed by atoms with Crippen LogP contribution in [-0.4, -0.2) is 329 Å². The maximum Gasteiger partial charge on any atom is 0.397 e. The van der Waals surface area contributed by atoms with Crippen molar-refractivity contribution in [1.29, 1.82) is 0 Å². The smallest absolute Gasteiger partial charge is 0.397 e. The monoisotopic (exact) mass is 1510 g/mol. The molecule has 52 nitrogen and oxygen atoms in total. The van der Waals surface area contributed by atoms with Gasteiger partial charge in [-0.05, 0) is 0 Å². The zero-order valence-corrected chi connectivity index (χ0v) is 50.5.